The molecule has 98 valence electrons. The number of fused-ring (bicyclic) bond motifs is 3. The quantitative estimate of drug-likeness (QED) is 0.575. The minimum Gasteiger partial charge on any atom is -0.305 e. The Bertz CT molecular complexity index is 936. The van der Waals surface area contributed by atoms with Crippen molar-refractivity contribution in [3.8, 4) is 11.3 Å². The van der Waals surface area contributed by atoms with Gasteiger partial charge in [0.15, 0.2) is 5.65 Å². The molecule has 0 radical (unpaired) electrons. The first-order valence-corrected chi connectivity index (χ1v) is 6.28. The number of rotatable bonds is 1. The molecule has 5 heteroatoms. The molecular formula is C15H11FN4. The van der Waals surface area contributed by atoms with Gasteiger partial charge in [0.05, 0.1) is 11.2 Å². The monoisotopic (exact) mass is 266 g/mol. The third-order valence-corrected chi connectivity index (χ3v) is 3.47. The highest BCUT2D eigenvalue weighted by atomic mass is 19.1. The summed E-state index contributed by atoms with van der Waals surface area (Å²) < 4.78 is 15.3. The van der Waals surface area contributed by atoms with E-state index in [4.69, 9.17) is 0 Å². The highest BCUT2D eigenvalue weighted by Gasteiger charge is 2.11. The number of aryl methyl sites for hydroxylation is 1. The molecule has 0 aliphatic heterocycles. The van der Waals surface area contributed by atoms with Crippen molar-refractivity contribution in [1.29, 1.82) is 0 Å². The molecule has 3 aromatic heterocycles. The summed E-state index contributed by atoms with van der Waals surface area (Å²) in [6, 6.07) is 8.39. The zero-order valence-corrected chi connectivity index (χ0v) is 10.8. The Morgan fingerprint density at radius 2 is 2.15 bits per heavy atom. The zero-order valence-electron chi connectivity index (χ0n) is 10.8. The first-order valence-electron chi connectivity index (χ1n) is 6.28. The largest absolute Gasteiger partial charge is 0.305 e. The highest BCUT2D eigenvalue weighted by molar-refractivity contribution is 6.04. The Morgan fingerprint density at radius 1 is 1.25 bits per heavy atom. The molecule has 4 rings (SSSR count). The summed E-state index contributed by atoms with van der Waals surface area (Å²) >= 11 is 0. The molecule has 0 atom stereocenters. The fourth-order valence-electron chi connectivity index (χ4n) is 2.53. The summed E-state index contributed by atoms with van der Waals surface area (Å²) in [6.45, 7) is 0. The summed E-state index contributed by atoms with van der Waals surface area (Å²) in [7, 11) is 1.94. The number of nitrogens with zero attached hydrogens (tertiary/aromatic N) is 3. The number of hydrogen-bond acceptors (Lipinski definition) is 2. The van der Waals surface area contributed by atoms with Crippen molar-refractivity contribution < 1.29 is 4.39 Å². The van der Waals surface area contributed by atoms with Crippen LogP contribution >= 0.6 is 0 Å². The normalized spacial score (nSPS) is 11.5. The van der Waals surface area contributed by atoms with Gasteiger partial charge < -0.3 is 5.10 Å². The van der Waals surface area contributed by atoms with Gasteiger partial charge in [-0.15, -0.1) is 0 Å². The van der Waals surface area contributed by atoms with Gasteiger partial charge >= 0.3 is 0 Å². The van der Waals surface area contributed by atoms with Crippen LogP contribution < -0.4 is 0 Å². The second-order valence-corrected chi connectivity index (χ2v) is 4.78. The van der Waals surface area contributed by atoms with Crippen molar-refractivity contribution in [2.75, 3.05) is 0 Å². The standard InChI is InChI=1S/C15H11FN4/c1-20-14-10(8-18-20)7-17-15-12(14)6-13(19-15)9-3-2-4-11(16)5-9/h2-8,18H,1H3. The summed E-state index contributed by atoms with van der Waals surface area (Å²) in [5.41, 5.74) is 3.21. The first kappa shape index (κ1) is 11.2. The van der Waals surface area contributed by atoms with Crippen LogP contribution in [0.15, 0.2) is 42.7 Å². The Hall–Kier alpha value is -2.69. The van der Waals surface area contributed by atoms with E-state index in [9.17, 15) is 4.39 Å². The summed E-state index contributed by atoms with van der Waals surface area (Å²) in [5.74, 6) is -0.264. The van der Waals surface area contributed by atoms with E-state index in [0.717, 1.165) is 27.5 Å². The lowest BCUT2D eigenvalue weighted by atomic mass is 10.1. The number of pyridine rings is 1. The third kappa shape index (κ3) is 1.53. The Morgan fingerprint density at radius 3 is 3.00 bits per heavy atom. The van der Waals surface area contributed by atoms with Crippen molar-refractivity contribution in [1.82, 2.24) is 19.7 Å². The molecule has 0 amide bonds. The molecule has 3 heterocycles. The maximum Gasteiger partial charge on any atom is 0.162 e. The molecule has 0 fully saturated rings. The second kappa shape index (κ2) is 3.90. The summed E-state index contributed by atoms with van der Waals surface area (Å²) in [4.78, 5) is 8.84. The number of hydrogen-bond donors (Lipinski definition) is 1. The smallest absolute Gasteiger partial charge is 0.162 e. The SMILES string of the molecule is Cn1[nH]cc2cnc3nc(-c4cccc(F)c4)cc3c21. The van der Waals surface area contributed by atoms with E-state index in [1.165, 1.54) is 12.1 Å². The van der Waals surface area contributed by atoms with Crippen molar-refractivity contribution in [2.45, 2.75) is 0 Å². The average molecular weight is 266 g/mol. The van der Waals surface area contributed by atoms with Crippen LogP contribution in [0.3, 0.4) is 0 Å². The molecule has 1 N–H and O–H groups in total. The molecule has 0 saturated heterocycles. The van der Waals surface area contributed by atoms with Gasteiger partial charge in [0.2, 0.25) is 0 Å². The third-order valence-electron chi connectivity index (χ3n) is 3.47. The van der Waals surface area contributed by atoms with Gasteiger partial charge in [-0.05, 0) is 18.2 Å². The molecule has 0 unspecified atom stereocenters. The van der Waals surface area contributed by atoms with E-state index in [1.807, 2.05) is 30.1 Å². The van der Waals surface area contributed by atoms with Gasteiger partial charge in [0.25, 0.3) is 0 Å². The Balaban J connectivity index is 2.03. The van der Waals surface area contributed by atoms with Crippen LogP contribution in [0.5, 0.6) is 0 Å². The number of H-pyrrole nitrogens is 1. The van der Waals surface area contributed by atoms with Crippen molar-refractivity contribution >= 4 is 21.9 Å². The molecule has 1 aromatic carbocycles. The molecule has 0 spiro atoms. The first-order chi connectivity index (χ1) is 9.72. The van der Waals surface area contributed by atoms with E-state index in [2.05, 4.69) is 15.1 Å². The number of nitrogens with one attached hydrogen (secondary N) is 1. The molecular weight excluding hydrogens is 255 g/mol. The minimum absolute atomic E-state index is 0.264. The van der Waals surface area contributed by atoms with Gasteiger partial charge in [-0.1, -0.05) is 12.1 Å². The van der Waals surface area contributed by atoms with Crippen molar-refractivity contribution in [3.63, 3.8) is 0 Å². The predicted molar refractivity (Wildman–Crippen MR) is 75.8 cm³/mol. The Labute approximate surface area is 113 Å². The van der Waals surface area contributed by atoms with Crippen LogP contribution in [0.1, 0.15) is 0 Å². The van der Waals surface area contributed by atoms with Gasteiger partial charge in [-0.2, -0.15) is 0 Å². The van der Waals surface area contributed by atoms with E-state index < -0.39 is 0 Å². The van der Waals surface area contributed by atoms with Gasteiger partial charge in [0.1, 0.15) is 5.82 Å². The lowest BCUT2D eigenvalue weighted by Gasteiger charge is -1.96. The predicted octanol–water partition coefficient (Wildman–Crippen LogP) is 3.26. The molecule has 4 aromatic rings. The lowest BCUT2D eigenvalue weighted by molar-refractivity contribution is 0.628. The molecule has 0 saturated carbocycles. The average Bonchev–Trinajstić information content (AvgIpc) is 3.02. The number of halogens is 1. The van der Waals surface area contributed by atoms with Crippen LogP contribution in [0, 0.1) is 5.82 Å². The number of aromatic nitrogens is 4. The molecule has 0 aliphatic carbocycles. The van der Waals surface area contributed by atoms with Crippen LogP contribution in [0.25, 0.3) is 33.2 Å². The fraction of sp³-hybridized carbons (Fsp3) is 0.0667. The van der Waals surface area contributed by atoms with Crippen LogP contribution in [-0.4, -0.2) is 19.7 Å². The molecule has 0 aliphatic rings. The van der Waals surface area contributed by atoms with Gasteiger partial charge in [-0.3, -0.25) is 4.68 Å². The van der Waals surface area contributed by atoms with Crippen molar-refractivity contribution in [2.24, 2.45) is 7.05 Å². The van der Waals surface area contributed by atoms with E-state index >= 15 is 0 Å². The number of aromatic amines is 1. The van der Waals surface area contributed by atoms with Crippen LogP contribution in [-0.2, 0) is 7.05 Å². The van der Waals surface area contributed by atoms with Gasteiger partial charge in [0, 0.05) is 35.8 Å². The van der Waals surface area contributed by atoms with Crippen LogP contribution in [0.4, 0.5) is 4.39 Å². The lowest BCUT2D eigenvalue weighted by Crippen LogP contribution is -1.89. The summed E-state index contributed by atoms with van der Waals surface area (Å²) in [6.07, 6.45) is 3.69. The van der Waals surface area contributed by atoms with Crippen LogP contribution in [0.2, 0.25) is 0 Å². The fourth-order valence-corrected chi connectivity index (χ4v) is 2.53. The number of benzene rings is 1. The maximum atomic E-state index is 13.3. The molecule has 0 bridgehead atoms. The van der Waals surface area contributed by atoms with E-state index in [1.54, 1.807) is 12.3 Å². The topological polar surface area (TPSA) is 46.5 Å². The second-order valence-electron chi connectivity index (χ2n) is 4.78. The summed E-state index contributed by atoms with van der Waals surface area (Å²) in [5, 5.41) is 5.11. The zero-order chi connectivity index (χ0) is 13.7. The van der Waals surface area contributed by atoms with E-state index in [-0.39, 0.29) is 5.82 Å². The highest BCUT2D eigenvalue weighted by Crippen LogP contribution is 2.28. The van der Waals surface area contributed by atoms with E-state index in [0.29, 0.717) is 5.65 Å². The molecule has 20 heavy (non-hydrogen) atoms. The minimum atomic E-state index is -0.264. The van der Waals surface area contributed by atoms with Gasteiger partial charge in [-0.25, -0.2) is 14.4 Å². The molecule has 4 nitrogen and oxygen atoms in total. The Kier molecular flexibility index (Phi) is 2.18. The van der Waals surface area contributed by atoms with Crippen molar-refractivity contribution in [3.05, 3.63) is 48.5 Å². The maximum absolute atomic E-state index is 13.3.